The number of hydrogen-bond acceptors (Lipinski definition) is 11. The van der Waals surface area contributed by atoms with Crippen LogP contribution in [0.5, 0.6) is 23.0 Å². The molecule has 0 bridgehead atoms. The normalized spacial score (nSPS) is 26.6. The molecule has 0 radical (unpaired) electrons. The van der Waals surface area contributed by atoms with Crippen LogP contribution in [-0.4, -0.2) is 78.1 Å². The molecule has 68 heavy (non-hydrogen) atoms. The SMILES string of the molecule is C=CCO[C@@]12Oc3ccc(OCc4ccccc4F)cc3[C@H]3[C@H](CCCCO)[C@@H](CCCCO)C=C(C(=NOC4CCCCO4)C[C@@H]1N(Cc1ccc4c(c1)OCO4)C(=O)CCC1CCCC1)[C@H]32. The summed E-state index contributed by atoms with van der Waals surface area (Å²) in [5.41, 5.74) is 3.93. The van der Waals surface area contributed by atoms with Crippen LogP contribution in [0.3, 0.4) is 0 Å². The van der Waals surface area contributed by atoms with Gasteiger partial charge in [0.2, 0.25) is 24.8 Å². The van der Waals surface area contributed by atoms with Gasteiger partial charge in [0, 0.05) is 56.1 Å². The van der Waals surface area contributed by atoms with Gasteiger partial charge in [-0.15, -0.1) is 6.58 Å². The van der Waals surface area contributed by atoms with Gasteiger partial charge in [0.1, 0.15) is 30.0 Å². The molecule has 3 aromatic rings. The standard InChI is InChI=1S/C55H69FN2O10/c1-2-28-66-55-50(58(51(61)25-21-37-13-3-4-14-37)34-38-20-23-48-49(30-38)65-36-64-48)33-46(57-68-52-19-9-12-29-62-52)43-31-39(15-7-10-26-59)42(17-8-11-27-60)53(54(43)55)44-32-41(22-24-47(44)67-55)63-35-40-16-5-6-18-45(40)56/h2,5-6,16,18,20,22-24,30-32,37,39,42,50,52-54,59-60H,1,3-4,7-15,17,19,21,25-29,33-36H2/t39-,42+,50-,52?,53+,54+,55+/m0/s1. The van der Waals surface area contributed by atoms with Gasteiger partial charge in [-0.05, 0) is 110 Å². The van der Waals surface area contributed by atoms with Crippen LogP contribution >= 0.6 is 0 Å². The lowest BCUT2D eigenvalue weighted by Gasteiger charge is -2.60. The fraction of sp³-hybridized carbons (Fsp3) is 0.564. The third-order valence-electron chi connectivity index (χ3n) is 15.1. The van der Waals surface area contributed by atoms with Crippen LogP contribution in [0.25, 0.3) is 0 Å². The van der Waals surface area contributed by atoms with Crippen molar-refractivity contribution in [3.05, 3.63) is 107 Å². The van der Waals surface area contributed by atoms with Gasteiger partial charge >= 0.3 is 0 Å². The average Bonchev–Trinajstić information content (AvgIpc) is 4.08. The van der Waals surface area contributed by atoms with Gasteiger partial charge in [-0.25, -0.2) is 4.39 Å². The third-order valence-corrected chi connectivity index (χ3v) is 15.1. The monoisotopic (exact) mass is 936 g/mol. The summed E-state index contributed by atoms with van der Waals surface area (Å²) in [7, 11) is 0. The minimum absolute atomic E-state index is 0.00415. The highest BCUT2D eigenvalue weighted by Crippen LogP contribution is 2.62. The maximum atomic E-state index is 15.4. The van der Waals surface area contributed by atoms with Crippen molar-refractivity contribution in [3.8, 4) is 23.0 Å². The van der Waals surface area contributed by atoms with Crippen molar-refractivity contribution in [1.29, 1.82) is 0 Å². The molecular weight excluding hydrogens is 868 g/mol. The van der Waals surface area contributed by atoms with E-state index in [1.807, 2.05) is 41.3 Å². The predicted molar refractivity (Wildman–Crippen MR) is 255 cm³/mol. The number of fused-ring (bicyclic) bond motifs is 3. The number of nitrogens with zero attached hydrogens (tertiary/aromatic N) is 2. The molecule has 13 heteroatoms. The van der Waals surface area contributed by atoms with E-state index in [1.165, 1.54) is 18.9 Å². The summed E-state index contributed by atoms with van der Waals surface area (Å²) in [5.74, 6) is 0.546. The fourth-order valence-corrected chi connectivity index (χ4v) is 11.8. The Bertz CT molecular complexity index is 2260. The lowest BCUT2D eigenvalue weighted by Crippen LogP contribution is -2.70. The number of benzene rings is 3. The number of unbranched alkanes of at least 4 members (excludes halogenated alkanes) is 2. The summed E-state index contributed by atoms with van der Waals surface area (Å²) in [6, 6.07) is 17.6. The molecule has 1 amide bonds. The number of ether oxygens (including phenoxy) is 6. The van der Waals surface area contributed by atoms with Crippen LogP contribution in [0.15, 0.2) is 90.1 Å². The molecule has 3 aliphatic carbocycles. The molecule has 366 valence electrons. The Morgan fingerprint density at radius 3 is 2.50 bits per heavy atom. The van der Waals surface area contributed by atoms with Crippen LogP contribution in [0, 0.1) is 29.5 Å². The number of hydrogen-bond donors (Lipinski definition) is 2. The Hall–Kier alpha value is -4.95. The van der Waals surface area contributed by atoms with Gasteiger partial charge in [-0.2, -0.15) is 0 Å². The first-order valence-corrected chi connectivity index (χ1v) is 25.3. The number of aliphatic hydroxyl groups is 2. The summed E-state index contributed by atoms with van der Waals surface area (Å²) < 4.78 is 53.7. The van der Waals surface area contributed by atoms with Gasteiger partial charge in [0.25, 0.3) is 0 Å². The number of aliphatic hydroxyl groups excluding tert-OH is 2. The van der Waals surface area contributed by atoms with E-state index in [9.17, 15) is 14.6 Å². The van der Waals surface area contributed by atoms with Crippen LogP contribution < -0.4 is 18.9 Å². The molecule has 3 aromatic carbocycles. The molecule has 3 fully saturated rings. The third kappa shape index (κ3) is 10.6. The molecule has 3 aliphatic heterocycles. The first-order chi connectivity index (χ1) is 33.4. The van der Waals surface area contributed by atoms with E-state index < -0.39 is 24.0 Å². The highest BCUT2D eigenvalue weighted by atomic mass is 19.1. The Morgan fingerprint density at radius 1 is 0.912 bits per heavy atom. The zero-order chi connectivity index (χ0) is 46.9. The van der Waals surface area contributed by atoms with Crippen molar-refractivity contribution in [2.45, 2.75) is 140 Å². The number of allylic oxidation sites excluding steroid dienone is 1. The van der Waals surface area contributed by atoms with E-state index in [1.54, 1.807) is 24.3 Å². The first kappa shape index (κ1) is 48.1. The predicted octanol–water partition coefficient (Wildman–Crippen LogP) is 10.3. The quantitative estimate of drug-likeness (QED) is 0.0569. The molecule has 1 unspecified atom stereocenters. The molecule has 0 aromatic heterocycles. The maximum Gasteiger partial charge on any atom is 0.239 e. The summed E-state index contributed by atoms with van der Waals surface area (Å²) in [5, 5.41) is 25.1. The Morgan fingerprint density at radius 2 is 1.71 bits per heavy atom. The number of oxime groups is 1. The van der Waals surface area contributed by atoms with Crippen molar-refractivity contribution >= 4 is 11.6 Å². The maximum absolute atomic E-state index is 15.4. The van der Waals surface area contributed by atoms with E-state index in [2.05, 4.69) is 12.7 Å². The molecule has 2 saturated carbocycles. The Kier molecular flexibility index (Phi) is 16.0. The summed E-state index contributed by atoms with van der Waals surface area (Å²) >= 11 is 0. The minimum Gasteiger partial charge on any atom is -0.489 e. The zero-order valence-electron chi connectivity index (χ0n) is 39.4. The molecule has 12 nitrogen and oxygen atoms in total. The molecule has 6 aliphatic rings. The molecule has 9 rings (SSSR count). The number of rotatable bonds is 22. The lowest BCUT2D eigenvalue weighted by atomic mass is 9.55. The summed E-state index contributed by atoms with van der Waals surface area (Å²) in [6.07, 6.45) is 16.8. The van der Waals surface area contributed by atoms with Gasteiger partial charge in [-0.1, -0.05) is 80.1 Å². The van der Waals surface area contributed by atoms with Gasteiger partial charge in [0.15, 0.2) is 11.5 Å². The topological polar surface area (TPSA) is 138 Å². The Balaban J connectivity index is 1.21. The van der Waals surface area contributed by atoms with Crippen molar-refractivity contribution in [3.63, 3.8) is 0 Å². The molecular formula is C55H69FN2O10. The van der Waals surface area contributed by atoms with E-state index >= 15 is 4.79 Å². The Labute approximate surface area is 400 Å². The molecule has 7 atom stereocenters. The molecule has 0 spiro atoms. The van der Waals surface area contributed by atoms with E-state index in [-0.39, 0.29) is 75.7 Å². The zero-order valence-corrected chi connectivity index (χ0v) is 39.4. The number of carbonyl (C=O) groups is 1. The van der Waals surface area contributed by atoms with E-state index in [0.29, 0.717) is 60.3 Å². The highest BCUT2D eigenvalue weighted by molar-refractivity contribution is 6.03. The smallest absolute Gasteiger partial charge is 0.239 e. The number of carbonyl (C=O) groups excluding carboxylic acids is 1. The van der Waals surface area contributed by atoms with Crippen molar-refractivity contribution in [1.82, 2.24) is 4.90 Å². The summed E-state index contributed by atoms with van der Waals surface area (Å²) in [6.45, 7) is 5.45. The van der Waals surface area contributed by atoms with Crippen LogP contribution in [-0.2, 0) is 32.3 Å². The average molecular weight is 937 g/mol. The second kappa shape index (κ2) is 22.6. The van der Waals surface area contributed by atoms with E-state index in [0.717, 1.165) is 86.6 Å². The number of halogens is 1. The molecule has 1 saturated heterocycles. The van der Waals surface area contributed by atoms with Gasteiger partial charge in [0.05, 0.1) is 24.8 Å². The van der Waals surface area contributed by atoms with Crippen LogP contribution in [0.4, 0.5) is 4.39 Å². The first-order valence-electron chi connectivity index (χ1n) is 25.3. The second-order valence-corrected chi connectivity index (χ2v) is 19.5. The second-order valence-electron chi connectivity index (χ2n) is 19.5. The minimum atomic E-state index is -1.43. The number of amides is 1. The molecule has 2 N–H and O–H groups in total. The van der Waals surface area contributed by atoms with Crippen molar-refractivity contribution in [2.75, 3.05) is 33.2 Å². The summed E-state index contributed by atoms with van der Waals surface area (Å²) in [4.78, 5) is 23.7. The lowest BCUT2D eigenvalue weighted by molar-refractivity contribution is -0.258. The van der Waals surface area contributed by atoms with E-state index in [4.69, 9.17) is 38.4 Å². The van der Waals surface area contributed by atoms with Gasteiger partial charge < -0.3 is 48.4 Å². The fourth-order valence-electron chi connectivity index (χ4n) is 11.8. The van der Waals surface area contributed by atoms with Gasteiger partial charge in [-0.3, -0.25) is 4.79 Å². The van der Waals surface area contributed by atoms with Crippen LogP contribution in [0.1, 0.15) is 125 Å². The van der Waals surface area contributed by atoms with Crippen LogP contribution in [0.2, 0.25) is 0 Å². The van der Waals surface area contributed by atoms with Crippen molar-refractivity contribution in [2.24, 2.45) is 28.8 Å². The largest absolute Gasteiger partial charge is 0.489 e. The highest BCUT2D eigenvalue weighted by Gasteiger charge is 2.65. The van der Waals surface area contributed by atoms with Crippen molar-refractivity contribution < 1.29 is 52.7 Å². The molecule has 3 heterocycles.